The van der Waals surface area contributed by atoms with E-state index in [1.807, 2.05) is 72.8 Å². The number of benzene rings is 3. The molecule has 0 spiro atoms. The largest absolute Gasteiger partial charge is 0.489 e. The van der Waals surface area contributed by atoms with E-state index in [0.29, 0.717) is 11.5 Å². The Balaban J connectivity index is 1.45. The van der Waals surface area contributed by atoms with Crippen molar-refractivity contribution >= 4 is 45.0 Å². The number of pyridine rings is 1. The molecule has 0 amide bonds. The number of carbonyl (C=O) groups is 1. The molecule has 33 heavy (non-hydrogen) atoms. The monoisotopic (exact) mass is 503 g/mol. The Morgan fingerprint density at radius 3 is 2.70 bits per heavy atom. The summed E-state index contributed by atoms with van der Waals surface area (Å²) in [6.45, 7) is 1.76. The molecule has 0 saturated heterocycles. The number of fused-ring (bicyclic) bond motifs is 1. The maximum atomic E-state index is 11.1. The highest BCUT2D eigenvalue weighted by molar-refractivity contribution is 9.10. The molecule has 0 aliphatic rings. The van der Waals surface area contributed by atoms with Crippen LogP contribution in [0, 0.1) is 0 Å². The van der Waals surface area contributed by atoms with E-state index in [-0.39, 0.29) is 6.61 Å². The molecule has 1 N–H and O–H groups in total. The van der Waals surface area contributed by atoms with Crippen LogP contribution in [0.2, 0.25) is 0 Å². The van der Waals surface area contributed by atoms with Crippen molar-refractivity contribution in [2.45, 2.75) is 19.6 Å². The van der Waals surface area contributed by atoms with E-state index >= 15 is 0 Å². The van der Waals surface area contributed by atoms with Crippen LogP contribution in [0.3, 0.4) is 0 Å². The number of nitrogens with zero attached hydrogens (tertiary/aromatic N) is 1. The summed E-state index contributed by atoms with van der Waals surface area (Å²) in [5.74, 6) is 0.185. The summed E-state index contributed by atoms with van der Waals surface area (Å²) in [5, 5.41) is 10.2. The zero-order valence-electron chi connectivity index (χ0n) is 17.9. The van der Waals surface area contributed by atoms with Crippen molar-refractivity contribution in [2.24, 2.45) is 0 Å². The smallest absolute Gasteiger partial charge is 0.344 e. The highest BCUT2D eigenvalue weighted by Gasteiger charge is 2.14. The lowest BCUT2D eigenvalue weighted by Crippen LogP contribution is -2.23. The van der Waals surface area contributed by atoms with E-state index in [9.17, 15) is 4.79 Å². The van der Waals surface area contributed by atoms with Gasteiger partial charge in [-0.2, -0.15) is 0 Å². The first-order chi connectivity index (χ1) is 16.0. The number of ether oxygens (including phenoxy) is 2. The van der Waals surface area contributed by atoms with E-state index in [0.717, 1.165) is 32.2 Å². The fourth-order valence-electron chi connectivity index (χ4n) is 3.23. The highest BCUT2D eigenvalue weighted by Crippen LogP contribution is 2.23. The molecule has 1 heterocycles. The second-order valence-electron chi connectivity index (χ2n) is 7.47. The molecular weight excluding hydrogens is 482 g/mol. The summed E-state index contributed by atoms with van der Waals surface area (Å²) in [7, 11) is 0. The van der Waals surface area contributed by atoms with Gasteiger partial charge in [0.1, 0.15) is 18.1 Å². The predicted octanol–water partition coefficient (Wildman–Crippen LogP) is 6.60. The van der Waals surface area contributed by atoms with Gasteiger partial charge in [-0.05, 0) is 55.0 Å². The van der Waals surface area contributed by atoms with E-state index in [1.54, 1.807) is 12.1 Å². The summed E-state index contributed by atoms with van der Waals surface area (Å²) in [5.41, 5.74) is 3.55. The van der Waals surface area contributed by atoms with Gasteiger partial charge in [0.25, 0.3) is 0 Å². The van der Waals surface area contributed by atoms with E-state index < -0.39 is 12.1 Å². The van der Waals surface area contributed by atoms with Gasteiger partial charge in [0.05, 0.1) is 11.2 Å². The normalized spacial score (nSPS) is 12.1. The third kappa shape index (κ3) is 5.99. The zero-order valence-corrected chi connectivity index (χ0v) is 19.5. The lowest BCUT2D eigenvalue weighted by molar-refractivity contribution is -0.144. The lowest BCUT2D eigenvalue weighted by Gasteiger charge is -2.15. The summed E-state index contributed by atoms with van der Waals surface area (Å²) in [4.78, 5) is 15.8. The van der Waals surface area contributed by atoms with E-state index in [2.05, 4.69) is 22.0 Å². The Labute approximate surface area is 200 Å². The highest BCUT2D eigenvalue weighted by atomic mass is 79.9. The van der Waals surface area contributed by atoms with Gasteiger partial charge < -0.3 is 14.6 Å². The number of carboxylic acid groups (broad SMARTS) is 1. The maximum absolute atomic E-state index is 11.1. The molecule has 0 aliphatic carbocycles. The van der Waals surface area contributed by atoms with E-state index in [4.69, 9.17) is 19.6 Å². The Bertz CT molecular complexity index is 1320. The topological polar surface area (TPSA) is 68.7 Å². The molecule has 5 nitrogen and oxygen atoms in total. The van der Waals surface area contributed by atoms with Crippen LogP contribution in [0.4, 0.5) is 0 Å². The van der Waals surface area contributed by atoms with Gasteiger partial charge in [-0.1, -0.05) is 64.5 Å². The summed E-state index contributed by atoms with van der Waals surface area (Å²) in [6.07, 6.45) is 3.02. The molecular formula is C27H22BrNO4. The van der Waals surface area contributed by atoms with Gasteiger partial charge in [-0.3, -0.25) is 0 Å². The second-order valence-corrected chi connectivity index (χ2v) is 8.39. The van der Waals surface area contributed by atoms with Crippen LogP contribution in [0.1, 0.15) is 23.7 Å². The Morgan fingerprint density at radius 1 is 1.03 bits per heavy atom. The van der Waals surface area contributed by atoms with Crippen molar-refractivity contribution in [3.8, 4) is 11.5 Å². The van der Waals surface area contributed by atoms with Crippen molar-refractivity contribution < 1.29 is 19.4 Å². The summed E-state index contributed by atoms with van der Waals surface area (Å²) >= 11 is 3.49. The van der Waals surface area contributed by atoms with Gasteiger partial charge in [-0.25, -0.2) is 9.78 Å². The number of aromatic nitrogens is 1. The van der Waals surface area contributed by atoms with Crippen LogP contribution in [0.5, 0.6) is 11.5 Å². The minimum Gasteiger partial charge on any atom is -0.489 e. The first-order valence-corrected chi connectivity index (χ1v) is 11.2. The molecule has 0 bridgehead atoms. The van der Waals surface area contributed by atoms with Crippen LogP contribution in [0.25, 0.3) is 23.1 Å². The standard InChI is InChI=1S/C27H22BrNO4/c1-18(27(30)31)33-26-8-3-2-6-21(26)17-32-24-7-4-5-19(15-24)9-13-23-14-11-20-10-12-22(28)16-25(20)29-23/h2-16,18H,17H2,1H3,(H,30,31). The van der Waals surface area contributed by atoms with Crippen LogP contribution >= 0.6 is 15.9 Å². The fourth-order valence-corrected chi connectivity index (χ4v) is 3.58. The molecule has 0 radical (unpaired) electrons. The third-order valence-electron chi connectivity index (χ3n) is 5.00. The molecule has 4 aromatic rings. The van der Waals surface area contributed by atoms with Gasteiger partial charge in [-0.15, -0.1) is 0 Å². The Kier molecular flexibility index (Phi) is 7.05. The number of rotatable bonds is 8. The second kappa shape index (κ2) is 10.3. The van der Waals surface area contributed by atoms with Crippen LogP contribution < -0.4 is 9.47 Å². The molecule has 1 unspecified atom stereocenters. The molecule has 3 aromatic carbocycles. The molecule has 166 valence electrons. The maximum Gasteiger partial charge on any atom is 0.344 e. The lowest BCUT2D eigenvalue weighted by atomic mass is 10.1. The van der Waals surface area contributed by atoms with Crippen molar-refractivity contribution in [3.63, 3.8) is 0 Å². The number of carboxylic acids is 1. The number of aliphatic carboxylic acids is 1. The van der Waals surface area contributed by atoms with Crippen LogP contribution in [0.15, 0.2) is 83.3 Å². The molecule has 0 saturated carbocycles. The molecule has 6 heteroatoms. The van der Waals surface area contributed by atoms with E-state index in [1.165, 1.54) is 6.92 Å². The SMILES string of the molecule is CC(Oc1ccccc1COc1cccc(C=Cc2ccc3ccc(Br)cc3n2)c1)C(=O)O. The average Bonchev–Trinajstić information content (AvgIpc) is 2.82. The number of hydrogen-bond acceptors (Lipinski definition) is 4. The van der Waals surface area contributed by atoms with Crippen LogP contribution in [-0.4, -0.2) is 22.2 Å². The van der Waals surface area contributed by atoms with Gasteiger partial charge in [0.15, 0.2) is 6.10 Å². The van der Waals surface area contributed by atoms with Gasteiger partial charge >= 0.3 is 5.97 Å². The molecule has 1 aromatic heterocycles. The first kappa shape index (κ1) is 22.6. The van der Waals surface area contributed by atoms with Gasteiger partial charge in [0.2, 0.25) is 0 Å². The Morgan fingerprint density at radius 2 is 1.85 bits per heavy atom. The van der Waals surface area contributed by atoms with Crippen molar-refractivity contribution in [3.05, 3.63) is 100 Å². The third-order valence-corrected chi connectivity index (χ3v) is 5.49. The van der Waals surface area contributed by atoms with Crippen molar-refractivity contribution in [1.82, 2.24) is 4.98 Å². The first-order valence-electron chi connectivity index (χ1n) is 10.4. The predicted molar refractivity (Wildman–Crippen MR) is 133 cm³/mol. The van der Waals surface area contributed by atoms with Gasteiger partial charge in [0, 0.05) is 15.4 Å². The minimum atomic E-state index is -1.02. The minimum absolute atomic E-state index is 0.261. The number of para-hydroxylation sites is 1. The zero-order chi connectivity index (χ0) is 23.2. The average molecular weight is 504 g/mol. The Hall–Kier alpha value is -3.64. The quantitative estimate of drug-likeness (QED) is 0.293. The molecule has 0 aliphatic heterocycles. The molecule has 0 fully saturated rings. The molecule has 4 rings (SSSR count). The molecule has 1 atom stereocenters. The summed E-state index contributed by atoms with van der Waals surface area (Å²) < 4.78 is 12.5. The summed E-state index contributed by atoms with van der Waals surface area (Å²) in [6, 6.07) is 25.1. The fraction of sp³-hybridized carbons (Fsp3) is 0.111. The van der Waals surface area contributed by atoms with Crippen molar-refractivity contribution in [1.29, 1.82) is 0 Å². The van der Waals surface area contributed by atoms with Crippen molar-refractivity contribution in [2.75, 3.05) is 0 Å². The van der Waals surface area contributed by atoms with Crippen LogP contribution in [-0.2, 0) is 11.4 Å². The number of halogens is 1. The number of hydrogen-bond donors (Lipinski definition) is 1.